The van der Waals surface area contributed by atoms with Crippen LogP contribution >= 0.6 is 0 Å². The van der Waals surface area contributed by atoms with E-state index in [0.29, 0.717) is 0 Å². The molecule has 0 aliphatic heterocycles. The Labute approximate surface area is 106 Å². The van der Waals surface area contributed by atoms with Crippen LogP contribution in [0.5, 0.6) is 0 Å². The molecule has 1 amide bonds. The first-order valence-electron chi connectivity index (χ1n) is 5.32. The number of benzene rings is 1. The van der Waals surface area contributed by atoms with E-state index in [2.05, 4.69) is 4.98 Å². The van der Waals surface area contributed by atoms with Crippen molar-refractivity contribution in [2.45, 2.75) is 6.18 Å². The zero-order chi connectivity index (χ0) is 14.0. The maximum absolute atomic E-state index is 12.6. The van der Waals surface area contributed by atoms with Crippen LogP contribution < -0.4 is 5.73 Å². The van der Waals surface area contributed by atoms with Crippen LogP contribution in [0.15, 0.2) is 42.6 Å². The maximum atomic E-state index is 12.6. The predicted molar refractivity (Wildman–Crippen MR) is 63.2 cm³/mol. The molecule has 0 saturated heterocycles. The Morgan fingerprint density at radius 1 is 1.16 bits per heavy atom. The van der Waals surface area contributed by atoms with Crippen LogP contribution in [-0.2, 0) is 6.18 Å². The smallest absolute Gasteiger partial charge is 0.366 e. The van der Waals surface area contributed by atoms with Gasteiger partial charge in [-0.3, -0.25) is 9.78 Å². The number of hydrogen-bond donors (Lipinski definition) is 1. The molecular weight excluding hydrogens is 257 g/mol. The molecule has 0 fully saturated rings. The van der Waals surface area contributed by atoms with Crippen molar-refractivity contribution in [3.8, 4) is 11.3 Å². The number of nitrogens with two attached hydrogens (primary N) is 1. The molecule has 1 aromatic carbocycles. The number of primary amides is 1. The lowest BCUT2D eigenvalue weighted by Crippen LogP contribution is -2.13. The zero-order valence-electron chi connectivity index (χ0n) is 9.61. The largest absolute Gasteiger partial charge is 0.416 e. The molecule has 98 valence electrons. The van der Waals surface area contributed by atoms with E-state index in [1.54, 1.807) is 0 Å². The molecule has 0 aliphatic carbocycles. The maximum Gasteiger partial charge on any atom is 0.416 e. The zero-order valence-corrected chi connectivity index (χ0v) is 9.61. The minimum atomic E-state index is -4.45. The molecule has 2 N–H and O–H groups in total. The van der Waals surface area contributed by atoms with Crippen LogP contribution in [0.4, 0.5) is 13.2 Å². The molecule has 0 atom stereocenters. The summed E-state index contributed by atoms with van der Waals surface area (Å²) in [6.07, 6.45) is -3.06. The van der Waals surface area contributed by atoms with Gasteiger partial charge < -0.3 is 5.73 Å². The number of halogens is 3. The molecule has 0 aliphatic rings. The van der Waals surface area contributed by atoms with Gasteiger partial charge in [0.2, 0.25) is 0 Å². The number of alkyl halides is 3. The van der Waals surface area contributed by atoms with Crippen molar-refractivity contribution < 1.29 is 18.0 Å². The number of hydrogen-bond acceptors (Lipinski definition) is 2. The van der Waals surface area contributed by atoms with E-state index < -0.39 is 17.6 Å². The van der Waals surface area contributed by atoms with Crippen LogP contribution in [0.1, 0.15) is 15.9 Å². The van der Waals surface area contributed by atoms with Crippen LogP contribution in [0.3, 0.4) is 0 Å². The van der Waals surface area contributed by atoms with E-state index in [-0.39, 0.29) is 16.8 Å². The van der Waals surface area contributed by atoms with Gasteiger partial charge in [-0.1, -0.05) is 12.1 Å². The van der Waals surface area contributed by atoms with Crippen molar-refractivity contribution in [1.29, 1.82) is 0 Å². The van der Waals surface area contributed by atoms with E-state index in [4.69, 9.17) is 5.73 Å². The first-order valence-corrected chi connectivity index (χ1v) is 5.32. The third kappa shape index (κ3) is 2.73. The summed E-state index contributed by atoms with van der Waals surface area (Å²) in [6, 6.07) is 7.52. The Hall–Kier alpha value is -2.37. The van der Waals surface area contributed by atoms with Gasteiger partial charge in [0.15, 0.2) is 0 Å². The fraction of sp³-hybridized carbons (Fsp3) is 0.0769. The third-order valence-electron chi connectivity index (χ3n) is 2.54. The van der Waals surface area contributed by atoms with E-state index >= 15 is 0 Å². The molecule has 0 spiro atoms. The summed E-state index contributed by atoms with van der Waals surface area (Å²) in [5.74, 6) is -0.736. The fourth-order valence-electron chi connectivity index (χ4n) is 1.68. The topological polar surface area (TPSA) is 56.0 Å². The predicted octanol–water partition coefficient (Wildman–Crippen LogP) is 2.87. The number of aromatic nitrogens is 1. The van der Waals surface area contributed by atoms with Gasteiger partial charge in [0.1, 0.15) is 0 Å². The molecular formula is C13H9F3N2O. The molecule has 0 unspecified atom stereocenters. The number of rotatable bonds is 2. The third-order valence-corrected chi connectivity index (χ3v) is 2.54. The van der Waals surface area contributed by atoms with Crippen LogP contribution in [0.2, 0.25) is 0 Å². The molecule has 3 nitrogen and oxygen atoms in total. The summed E-state index contributed by atoms with van der Waals surface area (Å²) >= 11 is 0. The van der Waals surface area contributed by atoms with Crippen LogP contribution in [0, 0.1) is 0 Å². The summed E-state index contributed by atoms with van der Waals surface area (Å²) in [5, 5.41) is 0. The van der Waals surface area contributed by atoms with Gasteiger partial charge in [0.05, 0.1) is 16.8 Å². The quantitative estimate of drug-likeness (QED) is 0.908. The number of carbonyl (C=O) groups is 1. The number of nitrogens with zero attached hydrogens (tertiary/aromatic N) is 1. The Morgan fingerprint density at radius 3 is 2.53 bits per heavy atom. The molecule has 1 aromatic heterocycles. The van der Waals surface area contributed by atoms with Gasteiger partial charge in [-0.2, -0.15) is 13.2 Å². The SMILES string of the molecule is NC(=O)c1cccnc1-c1cccc(C(F)(F)F)c1. The Kier molecular flexibility index (Phi) is 3.25. The molecule has 2 rings (SSSR count). The van der Waals surface area contributed by atoms with Gasteiger partial charge >= 0.3 is 6.18 Å². The summed E-state index contributed by atoms with van der Waals surface area (Å²) in [5.41, 5.74) is 4.80. The van der Waals surface area contributed by atoms with E-state index in [1.165, 1.54) is 30.5 Å². The average molecular weight is 266 g/mol. The summed E-state index contributed by atoms with van der Waals surface area (Å²) < 4.78 is 37.9. The molecule has 2 aromatic rings. The lowest BCUT2D eigenvalue weighted by Gasteiger charge is -2.10. The van der Waals surface area contributed by atoms with Gasteiger partial charge in [-0.25, -0.2) is 0 Å². The average Bonchev–Trinajstić information content (AvgIpc) is 2.38. The number of pyridine rings is 1. The summed E-state index contributed by atoms with van der Waals surface area (Å²) in [4.78, 5) is 15.2. The van der Waals surface area contributed by atoms with Crippen molar-refractivity contribution in [3.63, 3.8) is 0 Å². The highest BCUT2D eigenvalue weighted by Crippen LogP contribution is 2.32. The first kappa shape index (κ1) is 13.1. The summed E-state index contributed by atoms with van der Waals surface area (Å²) in [6.45, 7) is 0. The summed E-state index contributed by atoms with van der Waals surface area (Å²) in [7, 11) is 0. The van der Waals surface area contributed by atoms with Crippen molar-refractivity contribution in [2.24, 2.45) is 5.73 Å². The monoisotopic (exact) mass is 266 g/mol. The van der Waals surface area contributed by atoms with Gasteiger partial charge in [0.25, 0.3) is 5.91 Å². The minimum absolute atomic E-state index is 0.0850. The second-order valence-corrected chi connectivity index (χ2v) is 3.84. The van der Waals surface area contributed by atoms with E-state index in [1.807, 2.05) is 0 Å². The van der Waals surface area contributed by atoms with Crippen LogP contribution in [0.25, 0.3) is 11.3 Å². The Morgan fingerprint density at radius 2 is 1.89 bits per heavy atom. The second kappa shape index (κ2) is 4.72. The lowest BCUT2D eigenvalue weighted by atomic mass is 10.0. The highest BCUT2D eigenvalue weighted by atomic mass is 19.4. The molecule has 0 bridgehead atoms. The van der Waals surface area contributed by atoms with Crippen LogP contribution in [-0.4, -0.2) is 10.9 Å². The second-order valence-electron chi connectivity index (χ2n) is 3.84. The highest BCUT2D eigenvalue weighted by Gasteiger charge is 2.30. The normalized spacial score (nSPS) is 11.3. The van der Waals surface area contributed by atoms with Gasteiger partial charge in [0, 0.05) is 11.8 Å². The highest BCUT2D eigenvalue weighted by molar-refractivity contribution is 5.98. The van der Waals surface area contributed by atoms with Gasteiger partial charge in [-0.05, 0) is 24.3 Å². The van der Waals surface area contributed by atoms with Crippen molar-refractivity contribution >= 4 is 5.91 Å². The Balaban J connectivity index is 2.57. The first-order chi connectivity index (χ1) is 8.89. The van der Waals surface area contributed by atoms with E-state index in [9.17, 15) is 18.0 Å². The molecule has 0 radical (unpaired) electrons. The molecule has 1 heterocycles. The standard InChI is InChI=1S/C13H9F3N2O/c14-13(15,16)9-4-1-3-8(7-9)11-10(12(17)19)5-2-6-18-11/h1-7H,(H2,17,19). The minimum Gasteiger partial charge on any atom is -0.366 e. The van der Waals surface area contributed by atoms with Crippen molar-refractivity contribution in [1.82, 2.24) is 4.98 Å². The fourth-order valence-corrected chi connectivity index (χ4v) is 1.68. The van der Waals surface area contributed by atoms with E-state index in [0.717, 1.165) is 12.1 Å². The van der Waals surface area contributed by atoms with Crippen molar-refractivity contribution in [2.75, 3.05) is 0 Å². The van der Waals surface area contributed by atoms with Gasteiger partial charge in [-0.15, -0.1) is 0 Å². The lowest BCUT2D eigenvalue weighted by molar-refractivity contribution is -0.137. The number of amides is 1. The number of carbonyl (C=O) groups excluding carboxylic acids is 1. The molecule has 0 saturated carbocycles. The van der Waals surface area contributed by atoms with Crippen molar-refractivity contribution in [3.05, 3.63) is 53.7 Å². The molecule has 19 heavy (non-hydrogen) atoms. The Bertz CT molecular complexity index is 623. The molecule has 6 heteroatoms.